The Morgan fingerprint density at radius 2 is 2.18 bits per heavy atom. The molecule has 2 heterocycles. The number of rotatable bonds is 4. The fourth-order valence-electron chi connectivity index (χ4n) is 2.74. The Balaban J connectivity index is 1.64. The number of amides is 2. The lowest BCUT2D eigenvalue weighted by Gasteiger charge is -2.33. The van der Waals surface area contributed by atoms with Gasteiger partial charge in [-0.15, -0.1) is 0 Å². The second-order valence-corrected chi connectivity index (χ2v) is 6.31. The molecule has 1 aliphatic heterocycles. The maximum absolute atomic E-state index is 12.4. The molecule has 6 nitrogen and oxygen atoms in total. The van der Waals surface area contributed by atoms with Crippen molar-refractivity contribution >= 4 is 34.6 Å². The number of primary amides is 1. The van der Waals surface area contributed by atoms with Crippen LogP contribution in [-0.2, 0) is 9.59 Å². The first-order valence-corrected chi connectivity index (χ1v) is 8.30. The van der Waals surface area contributed by atoms with Gasteiger partial charge in [0.25, 0.3) is 0 Å². The van der Waals surface area contributed by atoms with E-state index in [-0.39, 0.29) is 11.7 Å². The Kier molecular flexibility index (Phi) is 4.33. The zero-order chi connectivity index (χ0) is 15.5. The maximum atomic E-state index is 12.4. The van der Waals surface area contributed by atoms with Crippen LogP contribution in [0.4, 0.5) is 0 Å². The molecule has 1 aromatic carbocycles. The number of likely N-dealkylation sites (tertiary alicyclic amines) is 1. The molecule has 1 atom stereocenters. The number of nitrogens with zero attached hydrogens (tertiary/aromatic N) is 2. The zero-order valence-corrected chi connectivity index (χ0v) is 12.9. The van der Waals surface area contributed by atoms with Crippen LogP contribution >= 0.6 is 11.8 Å². The van der Waals surface area contributed by atoms with Crippen LogP contribution < -0.4 is 5.73 Å². The highest BCUT2D eigenvalue weighted by Crippen LogP contribution is 2.22. The van der Waals surface area contributed by atoms with Gasteiger partial charge >= 0.3 is 0 Å². The Bertz CT molecular complexity index is 667. The Morgan fingerprint density at radius 1 is 1.36 bits per heavy atom. The van der Waals surface area contributed by atoms with E-state index in [2.05, 4.69) is 9.97 Å². The molecule has 3 rings (SSSR count). The molecule has 0 unspecified atom stereocenters. The monoisotopic (exact) mass is 318 g/mol. The van der Waals surface area contributed by atoms with Crippen LogP contribution in [0.3, 0.4) is 0 Å². The minimum absolute atomic E-state index is 0.0612. The normalized spacial score (nSPS) is 18.5. The average Bonchev–Trinajstić information content (AvgIpc) is 2.95. The van der Waals surface area contributed by atoms with Gasteiger partial charge in [-0.25, -0.2) is 4.98 Å². The lowest BCUT2D eigenvalue weighted by molar-refractivity contribution is -0.138. The summed E-state index contributed by atoms with van der Waals surface area (Å²) >= 11 is 1.35. The van der Waals surface area contributed by atoms with Crippen molar-refractivity contribution in [2.24, 2.45) is 5.73 Å². The standard InChI is InChI=1S/C15H18N4O2S/c16-14(21)12-7-3-4-8-19(12)13(20)9-22-15-17-10-5-1-2-6-11(10)18-15/h1-2,5-6,12H,3-4,7-9H2,(H2,16,21)(H,17,18)/t12-/m1/s1. The molecule has 0 spiro atoms. The number of hydrogen-bond donors (Lipinski definition) is 2. The number of carbonyl (C=O) groups excluding carboxylic acids is 2. The van der Waals surface area contributed by atoms with Crippen molar-refractivity contribution in [1.82, 2.24) is 14.9 Å². The predicted octanol–water partition coefficient (Wildman–Crippen LogP) is 1.52. The number of hydrogen-bond acceptors (Lipinski definition) is 4. The van der Waals surface area contributed by atoms with E-state index in [9.17, 15) is 9.59 Å². The van der Waals surface area contributed by atoms with Gasteiger partial charge < -0.3 is 15.6 Å². The van der Waals surface area contributed by atoms with E-state index in [0.717, 1.165) is 23.9 Å². The van der Waals surface area contributed by atoms with E-state index < -0.39 is 11.9 Å². The van der Waals surface area contributed by atoms with E-state index in [1.54, 1.807) is 4.90 Å². The van der Waals surface area contributed by atoms with E-state index in [1.165, 1.54) is 11.8 Å². The summed E-state index contributed by atoms with van der Waals surface area (Å²) in [5.74, 6) is -0.223. The van der Waals surface area contributed by atoms with Crippen molar-refractivity contribution in [2.75, 3.05) is 12.3 Å². The molecule has 2 aromatic rings. The first-order chi connectivity index (χ1) is 10.6. The van der Waals surface area contributed by atoms with Crippen molar-refractivity contribution in [1.29, 1.82) is 0 Å². The second-order valence-electron chi connectivity index (χ2n) is 5.35. The summed E-state index contributed by atoms with van der Waals surface area (Å²) < 4.78 is 0. The fraction of sp³-hybridized carbons (Fsp3) is 0.400. The molecule has 0 bridgehead atoms. The van der Waals surface area contributed by atoms with Gasteiger partial charge in [0.05, 0.1) is 16.8 Å². The van der Waals surface area contributed by atoms with Gasteiger partial charge in [-0.2, -0.15) is 0 Å². The van der Waals surface area contributed by atoms with E-state index in [0.29, 0.717) is 18.1 Å². The number of H-pyrrole nitrogens is 1. The van der Waals surface area contributed by atoms with Gasteiger partial charge in [0, 0.05) is 6.54 Å². The van der Waals surface area contributed by atoms with Crippen LogP contribution in [0, 0.1) is 0 Å². The number of piperidine rings is 1. The minimum Gasteiger partial charge on any atom is -0.368 e. The minimum atomic E-state index is -0.461. The molecule has 0 radical (unpaired) electrons. The number of thioether (sulfide) groups is 1. The van der Waals surface area contributed by atoms with Crippen molar-refractivity contribution in [3.8, 4) is 0 Å². The van der Waals surface area contributed by atoms with Gasteiger partial charge in [-0.1, -0.05) is 23.9 Å². The van der Waals surface area contributed by atoms with Crippen molar-refractivity contribution in [2.45, 2.75) is 30.5 Å². The summed E-state index contributed by atoms with van der Waals surface area (Å²) in [7, 11) is 0. The third-order valence-electron chi connectivity index (χ3n) is 3.85. The highest BCUT2D eigenvalue weighted by atomic mass is 32.2. The Morgan fingerprint density at radius 3 is 2.95 bits per heavy atom. The van der Waals surface area contributed by atoms with Crippen molar-refractivity contribution < 1.29 is 9.59 Å². The van der Waals surface area contributed by atoms with Gasteiger partial charge in [0.15, 0.2) is 5.16 Å². The summed E-state index contributed by atoms with van der Waals surface area (Å²) in [6.07, 6.45) is 2.52. The quantitative estimate of drug-likeness (QED) is 0.836. The van der Waals surface area contributed by atoms with Crippen LogP contribution in [0.25, 0.3) is 11.0 Å². The predicted molar refractivity (Wildman–Crippen MR) is 85.4 cm³/mol. The lowest BCUT2D eigenvalue weighted by atomic mass is 10.0. The number of fused-ring (bicyclic) bond motifs is 1. The fourth-order valence-corrected chi connectivity index (χ4v) is 3.51. The molecule has 1 aliphatic rings. The summed E-state index contributed by atoms with van der Waals surface area (Å²) in [4.78, 5) is 33.0. The van der Waals surface area contributed by atoms with Gasteiger partial charge in [0.2, 0.25) is 11.8 Å². The van der Waals surface area contributed by atoms with E-state index in [1.807, 2.05) is 24.3 Å². The number of benzene rings is 1. The molecule has 1 aromatic heterocycles. The van der Waals surface area contributed by atoms with Gasteiger partial charge in [0.1, 0.15) is 6.04 Å². The Labute approximate surface area is 132 Å². The summed E-state index contributed by atoms with van der Waals surface area (Å²) in [5, 5.41) is 0.710. The third-order valence-corrected chi connectivity index (χ3v) is 4.71. The number of imidazole rings is 1. The van der Waals surface area contributed by atoms with Crippen molar-refractivity contribution in [3.63, 3.8) is 0 Å². The van der Waals surface area contributed by atoms with E-state index >= 15 is 0 Å². The number of para-hydroxylation sites is 2. The largest absolute Gasteiger partial charge is 0.368 e. The molecule has 0 aliphatic carbocycles. The number of carbonyl (C=O) groups is 2. The Hall–Kier alpha value is -2.02. The average molecular weight is 318 g/mol. The molecule has 2 amide bonds. The maximum Gasteiger partial charge on any atom is 0.240 e. The zero-order valence-electron chi connectivity index (χ0n) is 12.1. The highest BCUT2D eigenvalue weighted by Gasteiger charge is 2.30. The molecular weight excluding hydrogens is 300 g/mol. The molecule has 0 saturated carbocycles. The number of nitrogens with one attached hydrogen (secondary N) is 1. The summed E-state index contributed by atoms with van der Waals surface area (Å²) in [6.45, 7) is 0.604. The number of nitrogens with two attached hydrogens (primary N) is 1. The smallest absolute Gasteiger partial charge is 0.240 e. The van der Waals surface area contributed by atoms with Gasteiger partial charge in [-0.3, -0.25) is 9.59 Å². The van der Waals surface area contributed by atoms with Crippen LogP contribution in [0.1, 0.15) is 19.3 Å². The SMILES string of the molecule is NC(=O)[C@H]1CCCCN1C(=O)CSc1nc2ccccc2[nH]1. The number of aromatic nitrogens is 2. The molecule has 116 valence electrons. The van der Waals surface area contributed by atoms with E-state index in [4.69, 9.17) is 5.73 Å². The molecule has 1 fully saturated rings. The first-order valence-electron chi connectivity index (χ1n) is 7.31. The molecular formula is C15H18N4O2S. The lowest BCUT2D eigenvalue weighted by Crippen LogP contribution is -2.51. The van der Waals surface area contributed by atoms with Crippen LogP contribution in [-0.4, -0.2) is 45.0 Å². The molecule has 22 heavy (non-hydrogen) atoms. The highest BCUT2D eigenvalue weighted by molar-refractivity contribution is 7.99. The molecule has 1 saturated heterocycles. The first kappa shape index (κ1) is 14.9. The van der Waals surface area contributed by atoms with Crippen LogP contribution in [0.15, 0.2) is 29.4 Å². The number of aromatic amines is 1. The third kappa shape index (κ3) is 3.09. The topological polar surface area (TPSA) is 92.1 Å². The van der Waals surface area contributed by atoms with Gasteiger partial charge in [-0.05, 0) is 31.4 Å². The van der Waals surface area contributed by atoms with Crippen molar-refractivity contribution in [3.05, 3.63) is 24.3 Å². The van der Waals surface area contributed by atoms with Crippen LogP contribution in [0.2, 0.25) is 0 Å². The van der Waals surface area contributed by atoms with Crippen LogP contribution in [0.5, 0.6) is 0 Å². The molecule has 3 N–H and O–H groups in total. The summed E-state index contributed by atoms with van der Waals surface area (Å²) in [6, 6.07) is 7.27. The summed E-state index contributed by atoms with van der Waals surface area (Å²) in [5.41, 5.74) is 7.22. The molecule has 7 heteroatoms. The second kappa shape index (κ2) is 6.39.